The Kier molecular flexibility index (Phi) is 5.16. The molecule has 32 heavy (non-hydrogen) atoms. The van der Waals surface area contributed by atoms with Crippen LogP contribution in [0, 0.1) is 0 Å². The van der Waals surface area contributed by atoms with Gasteiger partial charge in [-0.1, -0.05) is 18.2 Å². The Morgan fingerprint density at radius 1 is 1.19 bits per heavy atom. The number of allylic oxidation sites excluding steroid dienone is 1. The smallest absolute Gasteiger partial charge is 0.255 e. The number of thiophene rings is 1. The van der Waals surface area contributed by atoms with E-state index in [9.17, 15) is 4.79 Å². The summed E-state index contributed by atoms with van der Waals surface area (Å²) in [5.74, 6) is 1.55. The monoisotopic (exact) mass is 444 g/mol. The fourth-order valence-electron chi connectivity index (χ4n) is 3.73. The first-order chi connectivity index (χ1) is 15.7. The number of ether oxygens (including phenoxy) is 1. The van der Waals surface area contributed by atoms with Gasteiger partial charge in [0.2, 0.25) is 5.95 Å². The SMILES string of the molecule is COc1ccccc1-c1nc2n(n1)[C@@H](c1cccs1)C(C(=O)Nc1cccnc1)=C(C)N2. The summed E-state index contributed by atoms with van der Waals surface area (Å²) < 4.78 is 7.25. The van der Waals surface area contributed by atoms with Crippen molar-refractivity contribution in [2.24, 2.45) is 0 Å². The number of carbonyl (C=O) groups excluding carboxylic acids is 1. The number of pyridine rings is 1. The number of aromatic nitrogens is 4. The van der Waals surface area contributed by atoms with E-state index in [2.05, 4.69) is 15.6 Å². The topological polar surface area (TPSA) is 94.0 Å². The summed E-state index contributed by atoms with van der Waals surface area (Å²) in [4.78, 5) is 23.1. The molecule has 0 bridgehead atoms. The number of carbonyl (C=O) groups is 1. The Bertz CT molecular complexity index is 1300. The minimum absolute atomic E-state index is 0.221. The predicted octanol–water partition coefficient (Wildman–Crippen LogP) is 4.34. The zero-order chi connectivity index (χ0) is 22.1. The molecule has 5 rings (SSSR count). The standard InChI is InChI=1S/C23H20N6O2S/c1-14-19(22(30)26-15-7-5-11-24-13-15)20(18-10-6-12-32-18)29-23(25-14)27-21(28-29)16-8-3-4-9-17(16)31-2/h3-13,20H,1-2H3,(H,26,30)(H,25,27,28)/t20-/m0/s1. The summed E-state index contributed by atoms with van der Waals surface area (Å²) in [6.45, 7) is 1.87. The summed E-state index contributed by atoms with van der Waals surface area (Å²) in [5, 5.41) is 13.0. The van der Waals surface area contributed by atoms with Crippen LogP contribution in [-0.2, 0) is 4.79 Å². The van der Waals surface area contributed by atoms with Crippen LogP contribution in [0.4, 0.5) is 11.6 Å². The highest BCUT2D eigenvalue weighted by Gasteiger charge is 2.35. The summed E-state index contributed by atoms with van der Waals surface area (Å²) in [5.41, 5.74) is 2.70. The molecule has 0 aliphatic carbocycles. The molecule has 4 aromatic rings. The number of nitrogens with zero attached hydrogens (tertiary/aromatic N) is 4. The van der Waals surface area contributed by atoms with Gasteiger partial charge in [0.15, 0.2) is 5.82 Å². The maximum absolute atomic E-state index is 13.4. The molecule has 4 heterocycles. The molecule has 9 heteroatoms. The highest BCUT2D eigenvalue weighted by atomic mass is 32.1. The Labute approximate surface area is 188 Å². The third-order valence-electron chi connectivity index (χ3n) is 5.18. The summed E-state index contributed by atoms with van der Waals surface area (Å²) in [6, 6.07) is 14.7. The van der Waals surface area contributed by atoms with Crippen molar-refractivity contribution in [2.75, 3.05) is 17.7 Å². The average Bonchev–Trinajstić information content (AvgIpc) is 3.49. The van der Waals surface area contributed by atoms with Gasteiger partial charge in [-0.05, 0) is 42.6 Å². The van der Waals surface area contributed by atoms with Crippen molar-refractivity contribution in [3.63, 3.8) is 0 Å². The van der Waals surface area contributed by atoms with E-state index in [1.54, 1.807) is 47.7 Å². The first-order valence-corrected chi connectivity index (χ1v) is 10.9. The molecule has 160 valence electrons. The van der Waals surface area contributed by atoms with Crippen LogP contribution in [0.3, 0.4) is 0 Å². The molecule has 1 aromatic carbocycles. The number of para-hydroxylation sites is 1. The van der Waals surface area contributed by atoms with E-state index in [0.29, 0.717) is 28.8 Å². The molecule has 0 spiro atoms. The number of rotatable bonds is 5. The maximum Gasteiger partial charge on any atom is 0.255 e. The first-order valence-electron chi connectivity index (χ1n) is 9.98. The molecular weight excluding hydrogens is 424 g/mol. The summed E-state index contributed by atoms with van der Waals surface area (Å²) >= 11 is 1.57. The van der Waals surface area contributed by atoms with E-state index in [1.807, 2.05) is 48.7 Å². The summed E-state index contributed by atoms with van der Waals surface area (Å²) in [6.07, 6.45) is 3.28. The molecule has 1 aliphatic rings. The number of nitrogens with one attached hydrogen (secondary N) is 2. The van der Waals surface area contributed by atoms with Crippen molar-refractivity contribution in [1.29, 1.82) is 0 Å². The van der Waals surface area contributed by atoms with Crippen molar-refractivity contribution in [1.82, 2.24) is 19.7 Å². The van der Waals surface area contributed by atoms with Gasteiger partial charge < -0.3 is 15.4 Å². The third-order valence-corrected chi connectivity index (χ3v) is 6.10. The second-order valence-corrected chi connectivity index (χ2v) is 8.16. The van der Waals surface area contributed by atoms with E-state index < -0.39 is 6.04 Å². The minimum atomic E-state index is -0.418. The molecule has 8 nitrogen and oxygen atoms in total. The highest BCUT2D eigenvalue weighted by molar-refractivity contribution is 7.10. The number of hydrogen-bond acceptors (Lipinski definition) is 7. The van der Waals surface area contributed by atoms with Crippen LogP contribution in [0.2, 0.25) is 0 Å². The Balaban J connectivity index is 1.59. The van der Waals surface area contributed by atoms with Crippen molar-refractivity contribution in [2.45, 2.75) is 13.0 Å². The lowest BCUT2D eigenvalue weighted by Gasteiger charge is -2.27. The van der Waals surface area contributed by atoms with Crippen LogP contribution in [0.1, 0.15) is 17.8 Å². The second kappa shape index (κ2) is 8.27. The van der Waals surface area contributed by atoms with Gasteiger partial charge in [-0.2, -0.15) is 4.98 Å². The third kappa shape index (κ3) is 3.52. The molecule has 1 aliphatic heterocycles. The van der Waals surface area contributed by atoms with Gasteiger partial charge in [0.05, 0.1) is 30.1 Å². The number of hydrogen-bond donors (Lipinski definition) is 2. The minimum Gasteiger partial charge on any atom is -0.496 e. The molecule has 2 N–H and O–H groups in total. The molecule has 3 aromatic heterocycles. The molecule has 1 atom stereocenters. The van der Waals surface area contributed by atoms with Crippen LogP contribution in [0.25, 0.3) is 11.4 Å². The lowest BCUT2D eigenvalue weighted by Crippen LogP contribution is -2.31. The second-order valence-electron chi connectivity index (χ2n) is 7.18. The van der Waals surface area contributed by atoms with E-state index in [-0.39, 0.29) is 5.91 Å². The lowest BCUT2D eigenvalue weighted by atomic mass is 10.0. The molecule has 0 saturated carbocycles. The maximum atomic E-state index is 13.4. The molecule has 0 saturated heterocycles. The van der Waals surface area contributed by atoms with E-state index in [4.69, 9.17) is 14.8 Å². The highest BCUT2D eigenvalue weighted by Crippen LogP contribution is 2.39. The number of amides is 1. The van der Waals surface area contributed by atoms with Crippen molar-refractivity contribution in [3.8, 4) is 17.1 Å². The number of benzene rings is 1. The van der Waals surface area contributed by atoms with Gasteiger partial charge in [-0.15, -0.1) is 16.4 Å². The van der Waals surface area contributed by atoms with Crippen LogP contribution in [0.5, 0.6) is 5.75 Å². The Morgan fingerprint density at radius 2 is 2.06 bits per heavy atom. The van der Waals surface area contributed by atoms with Gasteiger partial charge in [0.25, 0.3) is 5.91 Å². The largest absolute Gasteiger partial charge is 0.496 e. The van der Waals surface area contributed by atoms with Gasteiger partial charge in [0.1, 0.15) is 11.8 Å². The summed E-state index contributed by atoms with van der Waals surface area (Å²) in [7, 11) is 1.62. The van der Waals surface area contributed by atoms with Crippen LogP contribution >= 0.6 is 11.3 Å². The van der Waals surface area contributed by atoms with Crippen LogP contribution in [0.15, 0.2) is 77.6 Å². The van der Waals surface area contributed by atoms with Crippen LogP contribution < -0.4 is 15.4 Å². The molecule has 0 fully saturated rings. The fraction of sp³-hybridized carbons (Fsp3) is 0.130. The number of fused-ring (bicyclic) bond motifs is 1. The van der Waals surface area contributed by atoms with Gasteiger partial charge >= 0.3 is 0 Å². The van der Waals surface area contributed by atoms with Gasteiger partial charge in [-0.3, -0.25) is 9.78 Å². The van der Waals surface area contributed by atoms with Crippen molar-refractivity contribution in [3.05, 3.63) is 82.5 Å². The lowest BCUT2D eigenvalue weighted by molar-refractivity contribution is -0.113. The first kappa shape index (κ1) is 20.0. The zero-order valence-electron chi connectivity index (χ0n) is 17.4. The van der Waals surface area contributed by atoms with Crippen molar-refractivity contribution >= 4 is 28.9 Å². The van der Waals surface area contributed by atoms with Crippen molar-refractivity contribution < 1.29 is 9.53 Å². The van der Waals surface area contributed by atoms with E-state index in [1.165, 1.54) is 0 Å². The van der Waals surface area contributed by atoms with E-state index in [0.717, 1.165) is 16.1 Å². The molecule has 0 radical (unpaired) electrons. The van der Waals surface area contributed by atoms with Gasteiger partial charge in [-0.25, -0.2) is 4.68 Å². The predicted molar refractivity (Wildman–Crippen MR) is 124 cm³/mol. The molecular formula is C23H20N6O2S. The average molecular weight is 445 g/mol. The Morgan fingerprint density at radius 3 is 2.81 bits per heavy atom. The quantitative estimate of drug-likeness (QED) is 0.476. The number of anilines is 2. The fourth-order valence-corrected chi connectivity index (χ4v) is 4.55. The number of methoxy groups -OCH3 is 1. The molecule has 0 unspecified atom stereocenters. The van der Waals surface area contributed by atoms with Gasteiger partial charge in [0, 0.05) is 16.8 Å². The Hall–Kier alpha value is -3.98. The van der Waals surface area contributed by atoms with Crippen LogP contribution in [-0.4, -0.2) is 32.8 Å². The zero-order valence-corrected chi connectivity index (χ0v) is 18.3. The normalized spacial score (nSPS) is 15.1. The van der Waals surface area contributed by atoms with E-state index >= 15 is 0 Å². The molecule has 1 amide bonds.